The summed E-state index contributed by atoms with van der Waals surface area (Å²) in [5, 5.41) is 8.31. The third-order valence-electron chi connectivity index (χ3n) is 4.36. The fourth-order valence-corrected chi connectivity index (χ4v) is 2.88. The van der Waals surface area contributed by atoms with E-state index in [9.17, 15) is 0 Å². The molecule has 0 unspecified atom stereocenters. The van der Waals surface area contributed by atoms with Gasteiger partial charge < -0.3 is 10.1 Å². The Morgan fingerprint density at radius 1 is 1.16 bits per heavy atom. The van der Waals surface area contributed by atoms with Crippen molar-refractivity contribution in [3.8, 4) is 11.3 Å². The van der Waals surface area contributed by atoms with Crippen molar-refractivity contribution in [2.24, 2.45) is 0 Å². The zero-order valence-corrected chi connectivity index (χ0v) is 15.5. The van der Waals surface area contributed by atoms with Crippen molar-refractivity contribution >= 4 is 11.5 Å². The van der Waals surface area contributed by atoms with Crippen molar-refractivity contribution < 1.29 is 4.74 Å². The van der Waals surface area contributed by atoms with Gasteiger partial charge in [-0.05, 0) is 40.2 Å². The van der Waals surface area contributed by atoms with Gasteiger partial charge >= 0.3 is 0 Å². The van der Waals surface area contributed by atoms with Gasteiger partial charge in [0.05, 0.1) is 5.69 Å². The smallest absolute Gasteiger partial charge is 0.158 e. The second kappa shape index (κ2) is 7.66. The second-order valence-corrected chi connectivity index (χ2v) is 6.32. The molecule has 5 nitrogen and oxygen atoms in total. The number of aryl methyl sites for hydroxylation is 2. The fraction of sp³-hybridized carbons (Fsp3) is 0.400. The molecule has 1 aromatic carbocycles. The number of ether oxygens (including phenoxy) is 1. The number of rotatable bonds is 7. The van der Waals surface area contributed by atoms with E-state index in [-0.39, 0.29) is 0 Å². The van der Waals surface area contributed by atoms with Crippen LogP contribution in [-0.4, -0.2) is 34.4 Å². The summed E-state index contributed by atoms with van der Waals surface area (Å²) in [4.78, 5) is 4.70. The lowest BCUT2D eigenvalue weighted by Crippen LogP contribution is -2.12. The van der Waals surface area contributed by atoms with Gasteiger partial charge in [-0.3, -0.25) is 0 Å². The minimum absolute atomic E-state index is 0.761. The van der Waals surface area contributed by atoms with E-state index in [1.807, 2.05) is 24.4 Å². The Morgan fingerprint density at radius 2 is 2.00 bits per heavy atom. The number of anilines is 1. The van der Waals surface area contributed by atoms with Crippen LogP contribution in [0.2, 0.25) is 0 Å². The van der Waals surface area contributed by atoms with Crippen molar-refractivity contribution in [3.63, 3.8) is 0 Å². The van der Waals surface area contributed by atoms with Crippen LogP contribution >= 0.6 is 0 Å². The molecule has 0 aliphatic carbocycles. The topological polar surface area (TPSA) is 51.5 Å². The summed E-state index contributed by atoms with van der Waals surface area (Å²) in [6.07, 6.45) is 0.960. The van der Waals surface area contributed by atoms with E-state index >= 15 is 0 Å². The van der Waals surface area contributed by atoms with Crippen molar-refractivity contribution in [1.82, 2.24) is 14.6 Å². The first-order chi connectivity index (χ1) is 12.1. The Morgan fingerprint density at radius 3 is 2.76 bits per heavy atom. The van der Waals surface area contributed by atoms with Gasteiger partial charge in [-0.2, -0.15) is 9.61 Å². The van der Waals surface area contributed by atoms with Crippen LogP contribution < -0.4 is 5.32 Å². The molecule has 0 spiro atoms. The van der Waals surface area contributed by atoms with Crippen molar-refractivity contribution in [2.75, 3.05) is 25.1 Å². The average molecular weight is 338 g/mol. The molecule has 1 N–H and O–H groups in total. The molecule has 0 aliphatic heterocycles. The van der Waals surface area contributed by atoms with Gasteiger partial charge in [0, 0.05) is 42.6 Å². The van der Waals surface area contributed by atoms with Crippen LogP contribution in [0.15, 0.2) is 30.3 Å². The minimum atomic E-state index is 0.761. The molecule has 0 saturated heterocycles. The van der Waals surface area contributed by atoms with E-state index < -0.39 is 0 Å². The van der Waals surface area contributed by atoms with E-state index in [1.165, 1.54) is 5.56 Å². The van der Waals surface area contributed by atoms with Crippen LogP contribution in [0.25, 0.3) is 16.9 Å². The molecule has 2 heterocycles. The van der Waals surface area contributed by atoms with E-state index in [0.717, 1.165) is 60.2 Å². The maximum atomic E-state index is 5.41. The van der Waals surface area contributed by atoms with E-state index in [0.29, 0.717) is 0 Å². The number of fused-ring (bicyclic) bond motifs is 1. The van der Waals surface area contributed by atoms with Crippen LogP contribution in [0.3, 0.4) is 0 Å². The molecule has 0 amide bonds. The highest BCUT2D eigenvalue weighted by Gasteiger charge is 2.13. The monoisotopic (exact) mass is 338 g/mol. The lowest BCUT2D eigenvalue weighted by atomic mass is 10.1. The maximum absolute atomic E-state index is 5.41. The van der Waals surface area contributed by atoms with E-state index in [4.69, 9.17) is 14.8 Å². The number of nitrogens with zero attached hydrogens (tertiary/aromatic N) is 3. The third kappa shape index (κ3) is 3.82. The number of hydrogen-bond acceptors (Lipinski definition) is 4. The first kappa shape index (κ1) is 17.4. The highest BCUT2D eigenvalue weighted by molar-refractivity contribution is 5.67. The van der Waals surface area contributed by atoms with Crippen LogP contribution in [0.5, 0.6) is 0 Å². The summed E-state index contributed by atoms with van der Waals surface area (Å²) >= 11 is 0. The standard InChI is InChI=1S/C20H26N4O/c1-5-25-11-7-10-21-20-15(3)16(4)22-19-13-18(23-24(19)20)17-9-6-8-14(2)12-17/h6,8-9,12-13,21H,5,7,10-11H2,1-4H3. The third-order valence-corrected chi connectivity index (χ3v) is 4.36. The van der Waals surface area contributed by atoms with Gasteiger partial charge in [0.1, 0.15) is 5.82 Å². The molecule has 5 heteroatoms. The summed E-state index contributed by atoms with van der Waals surface area (Å²) in [6.45, 7) is 10.6. The molecule has 0 aliphatic rings. The SMILES string of the molecule is CCOCCCNc1c(C)c(C)nc2cc(-c3cccc(C)c3)nn12. The molecule has 3 aromatic rings. The Hall–Kier alpha value is -2.40. The number of hydrogen-bond donors (Lipinski definition) is 1. The van der Waals surface area contributed by atoms with E-state index in [1.54, 1.807) is 0 Å². The molecule has 2 aromatic heterocycles. The first-order valence-corrected chi connectivity index (χ1v) is 8.85. The summed E-state index contributed by atoms with van der Waals surface area (Å²) in [5.41, 5.74) is 6.30. The largest absolute Gasteiger partial charge is 0.382 e. The average Bonchev–Trinajstić information content (AvgIpc) is 3.01. The zero-order chi connectivity index (χ0) is 17.8. The lowest BCUT2D eigenvalue weighted by Gasteiger charge is -2.13. The molecule has 0 bridgehead atoms. The van der Waals surface area contributed by atoms with Gasteiger partial charge in [-0.15, -0.1) is 0 Å². The second-order valence-electron chi connectivity index (χ2n) is 6.32. The molecular formula is C20H26N4O. The molecule has 3 rings (SSSR count). The van der Waals surface area contributed by atoms with Gasteiger partial charge in [-0.25, -0.2) is 4.98 Å². The fourth-order valence-electron chi connectivity index (χ4n) is 2.88. The lowest BCUT2D eigenvalue weighted by molar-refractivity contribution is 0.147. The summed E-state index contributed by atoms with van der Waals surface area (Å²) in [7, 11) is 0. The van der Waals surface area contributed by atoms with Gasteiger partial charge in [0.2, 0.25) is 0 Å². The molecule has 0 fully saturated rings. The minimum Gasteiger partial charge on any atom is -0.382 e. The first-order valence-electron chi connectivity index (χ1n) is 8.85. The summed E-state index contributed by atoms with van der Waals surface area (Å²) in [6, 6.07) is 10.4. The number of benzene rings is 1. The Labute approximate surface area is 149 Å². The molecule has 25 heavy (non-hydrogen) atoms. The maximum Gasteiger partial charge on any atom is 0.158 e. The predicted octanol–water partition coefficient (Wildman–Crippen LogP) is 4.16. The molecule has 0 saturated carbocycles. The zero-order valence-electron chi connectivity index (χ0n) is 15.5. The van der Waals surface area contributed by atoms with Crippen LogP contribution in [-0.2, 0) is 4.74 Å². The van der Waals surface area contributed by atoms with Crippen LogP contribution in [0.4, 0.5) is 5.82 Å². The van der Waals surface area contributed by atoms with Crippen LogP contribution in [0, 0.1) is 20.8 Å². The van der Waals surface area contributed by atoms with Crippen molar-refractivity contribution in [1.29, 1.82) is 0 Å². The number of nitrogens with one attached hydrogen (secondary N) is 1. The highest BCUT2D eigenvalue weighted by atomic mass is 16.5. The van der Waals surface area contributed by atoms with Crippen LogP contribution in [0.1, 0.15) is 30.2 Å². The van der Waals surface area contributed by atoms with Gasteiger partial charge in [-0.1, -0.05) is 23.8 Å². The molecule has 0 atom stereocenters. The highest BCUT2D eigenvalue weighted by Crippen LogP contribution is 2.25. The quantitative estimate of drug-likeness (QED) is 0.657. The van der Waals surface area contributed by atoms with E-state index in [2.05, 4.69) is 43.4 Å². The normalized spacial score (nSPS) is 11.2. The van der Waals surface area contributed by atoms with Gasteiger partial charge in [0.15, 0.2) is 5.65 Å². The summed E-state index contributed by atoms with van der Waals surface area (Å²) < 4.78 is 7.33. The molecule has 0 radical (unpaired) electrons. The Bertz CT molecular complexity index is 870. The Balaban J connectivity index is 1.93. The summed E-state index contributed by atoms with van der Waals surface area (Å²) in [5.74, 6) is 1.01. The Kier molecular flexibility index (Phi) is 5.34. The van der Waals surface area contributed by atoms with Gasteiger partial charge in [0.25, 0.3) is 0 Å². The molecular weight excluding hydrogens is 312 g/mol. The molecule has 132 valence electrons. The predicted molar refractivity (Wildman–Crippen MR) is 102 cm³/mol. The number of aromatic nitrogens is 3. The van der Waals surface area contributed by atoms with Crippen molar-refractivity contribution in [3.05, 3.63) is 47.2 Å². The van der Waals surface area contributed by atoms with Crippen molar-refractivity contribution in [2.45, 2.75) is 34.1 Å².